The van der Waals surface area contributed by atoms with E-state index in [0.717, 1.165) is 25.2 Å². The molecule has 0 amide bonds. The highest BCUT2D eigenvalue weighted by Crippen LogP contribution is 1.99. The SMILES string of the molecule is C=CCCN(C)Cc1ccccn1. The van der Waals surface area contributed by atoms with Crippen LogP contribution in [0.5, 0.6) is 0 Å². The molecular formula is C11H16N2. The molecule has 13 heavy (non-hydrogen) atoms. The maximum Gasteiger partial charge on any atom is 0.0543 e. The van der Waals surface area contributed by atoms with Crippen molar-refractivity contribution in [2.75, 3.05) is 13.6 Å². The molecular weight excluding hydrogens is 160 g/mol. The average molecular weight is 176 g/mol. The van der Waals surface area contributed by atoms with Crippen molar-refractivity contribution in [2.45, 2.75) is 13.0 Å². The molecule has 2 nitrogen and oxygen atoms in total. The van der Waals surface area contributed by atoms with Gasteiger partial charge in [0.15, 0.2) is 0 Å². The van der Waals surface area contributed by atoms with E-state index in [0.29, 0.717) is 0 Å². The van der Waals surface area contributed by atoms with Gasteiger partial charge in [-0.25, -0.2) is 0 Å². The first kappa shape index (κ1) is 9.93. The number of aromatic nitrogens is 1. The van der Waals surface area contributed by atoms with Gasteiger partial charge in [-0.15, -0.1) is 6.58 Å². The Kier molecular flexibility index (Phi) is 4.19. The lowest BCUT2D eigenvalue weighted by molar-refractivity contribution is 0.329. The van der Waals surface area contributed by atoms with Crippen molar-refractivity contribution in [2.24, 2.45) is 0 Å². The molecule has 0 saturated heterocycles. The van der Waals surface area contributed by atoms with Crippen molar-refractivity contribution in [1.29, 1.82) is 0 Å². The first-order chi connectivity index (χ1) is 6.33. The van der Waals surface area contributed by atoms with Crippen LogP contribution in [-0.4, -0.2) is 23.5 Å². The molecule has 0 aromatic carbocycles. The number of nitrogens with zero attached hydrogens (tertiary/aromatic N) is 2. The molecule has 0 atom stereocenters. The van der Waals surface area contributed by atoms with Crippen molar-refractivity contribution < 1.29 is 0 Å². The van der Waals surface area contributed by atoms with E-state index in [-0.39, 0.29) is 0 Å². The molecule has 2 heteroatoms. The molecule has 1 aromatic rings. The number of hydrogen-bond donors (Lipinski definition) is 0. The second-order valence-electron chi connectivity index (χ2n) is 3.14. The van der Waals surface area contributed by atoms with Crippen LogP contribution in [0.1, 0.15) is 12.1 Å². The summed E-state index contributed by atoms with van der Waals surface area (Å²) in [5.74, 6) is 0. The zero-order chi connectivity index (χ0) is 9.52. The summed E-state index contributed by atoms with van der Waals surface area (Å²) in [5.41, 5.74) is 1.12. The summed E-state index contributed by atoms with van der Waals surface area (Å²) in [7, 11) is 2.10. The largest absolute Gasteiger partial charge is 0.300 e. The van der Waals surface area contributed by atoms with Crippen LogP contribution in [0.2, 0.25) is 0 Å². The van der Waals surface area contributed by atoms with E-state index < -0.39 is 0 Å². The zero-order valence-corrected chi connectivity index (χ0v) is 8.11. The average Bonchev–Trinajstić information content (AvgIpc) is 2.16. The van der Waals surface area contributed by atoms with Crippen LogP contribution in [-0.2, 0) is 6.54 Å². The van der Waals surface area contributed by atoms with Crippen LogP contribution in [0.25, 0.3) is 0 Å². The molecule has 0 spiro atoms. The van der Waals surface area contributed by atoms with E-state index in [9.17, 15) is 0 Å². The normalized spacial score (nSPS) is 10.3. The lowest BCUT2D eigenvalue weighted by Gasteiger charge is -2.14. The fourth-order valence-electron chi connectivity index (χ4n) is 1.16. The van der Waals surface area contributed by atoms with E-state index in [1.54, 1.807) is 0 Å². The maximum atomic E-state index is 4.26. The fourth-order valence-corrected chi connectivity index (χ4v) is 1.16. The van der Waals surface area contributed by atoms with Crippen LogP contribution in [0.15, 0.2) is 37.1 Å². The first-order valence-electron chi connectivity index (χ1n) is 4.52. The van der Waals surface area contributed by atoms with E-state index in [1.165, 1.54) is 0 Å². The van der Waals surface area contributed by atoms with E-state index in [2.05, 4.69) is 23.5 Å². The van der Waals surface area contributed by atoms with Gasteiger partial charge >= 0.3 is 0 Å². The summed E-state index contributed by atoms with van der Waals surface area (Å²) in [5, 5.41) is 0. The van der Waals surface area contributed by atoms with Gasteiger partial charge in [0.1, 0.15) is 0 Å². The Morgan fingerprint density at radius 3 is 3.00 bits per heavy atom. The molecule has 1 aromatic heterocycles. The van der Waals surface area contributed by atoms with Crippen molar-refractivity contribution >= 4 is 0 Å². The molecule has 0 aliphatic heterocycles. The minimum Gasteiger partial charge on any atom is -0.300 e. The van der Waals surface area contributed by atoms with Gasteiger partial charge in [-0.2, -0.15) is 0 Å². The molecule has 0 aliphatic carbocycles. The molecule has 1 heterocycles. The van der Waals surface area contributed by atoms with Gasteiger partial charge in [0.2, 0.25) is 0 Å². The van der Waals surface area contributed by atoms with Crippen molar-refractivity contribution in [3.8, 4) is 0 Å². The Morgan fingerprint density at radius 1 is 1.54 bits per heavy atom. The third-order valence-corrected chi connectivity index (χ3v) is 1.87. The van der Waals surface area contributed by atoms with Crippen molar-refractivity contribution in [3.05, 3.63) is 42.7 Å². The van der Waals surface area contributed by atoms with Crippen LogP contribution in [0, 0.1) is 0 Å². The third-order valence-electron chi connectivity index (χ3n) is 1.87. The summed E-state index contributed by atoms with van der Waals surface area (Å²) in [6, 6.07) is 6.00. The highest BCUT2D eigenvalue weighted by Gasteiger charge is 1.98. The first-order valence-corrected chi connectivity index (χ1v) is 4.52. The summed E-state index contributed by atoms with van der Waals surface area (Å²) in [6.45, 7) is 5.65. The van der Waals surface area contributed by atoms with Gasteiger partial charge in [0, 0.05) is 19.3 Å². The standard InChI is InChI=1S/C11H16N2/c1-3-4-9-13(2)10-11-7-5-6-8-12-11/h3,5-8H,1,4,9-10H2,2H3. The van der Waals surface area contributed by atoms with Crippen LogP contribution < -0.4 is 0 Å². The molecule has 70 valence electrons. The summed E-state index contributed by atoms with van der Waals surface area (Å²) in [4.78, 5) is 6.50. The Morgan fingerprint density at radius 2 is 2.38 bits per heavy atom. The van der Waals surface area contributed by atoms with Crippen LogP contribution in [0.3, 0.4) is 0 Å². The summed E-state index contributed by atoms with van der Waals surface area (Å²) in [6.07, 6.45) is 4.80. The van der Waals surface area contributed by atoms with Crippen molar-refractivity contribution in [3.63, 3.8) is 0 Å². The lowest BCUT2D eigenvalue weighted by Crippen LogP contribution is -2.19. The molecule has 0 aliphatic rings. The monoisotopic (exact) mass is 176 g/mol. The highest BCUT2D eigenvalue weighted by atomic mass is 15.1. The van der Waals surface area contributed by atoms with Gasteiger partial charge in [0.05, 0.1) is 5.69 Å². The minimum absolute atomic E-state index is 0.911. The van der Waals surface area contributed by atoms with Crippen molar-refractivity contribution in [1.82, 2.24) is 9.88 Å². The molecule has 0 fully saturated rings. The van der Waals surface area contributed by atoms with Gasteiger partial charge < -0.3 is 4.90 Å². The van der Waals surface area contributed by atoms with E-state index in [4.69, 9.17) is 0 Å². The number of rotatable bonds is 5. The maximum absolute atomic E-state index is 4.26. The Labute approximate surface area is 79.9 Å². The molecule has 1 rings (SSSR count). The predicted molar refractivity (Wildman–Crippen MR) is 55.4 cm³/mol. The second kappa shape index (κ2) is 5.49. The van der Waals surface area contributed by atoms with Gasteiger partial charge in [-0.1, -0.05) is 12.1 Å². The number of hydrogen-bond acceptors (Lipinski definition) is 2. The molecule has 0 unspecified atom stereocenters. The van der Waals surface area contributed by atoms with Gasteiger partial charge in [0.25, 0.3) is 0 Å². The Hall–Kier alpha value is -1.15. The second-order valence-corrected chi connectivity index (χ2v) is 3.14. The highest BCUT2D eigenvalue weighted by molar-refractivity contribution is 5.02. The Balaban J connectivity index is 2.36. The molecule has 0 saturated carbocycles. The topological polar surface area (TPSA) is 16.1 Å². The third kappa shape index (κ3) is 3.85. The minimum atomic E-state index is 0.911. The quantitative estimate of drug-likeness (QED) is 0.639. The number of pyridine rings is 1. The summed E-state index contributed by atoms with van der Waals surface area (Å²) < 4.78 is 0. The van der Waals surface area contributed by atoms with Gasteiger partial charge in [-0.05, 0) is 25.6 Å². The molecule has 0 radical (unpaired) electrons. The van der Waals surface area contributed by atoms with Gasteiger partial charge in [-0.3, -0.25) is 4.98 Å². The van der Waals surface area contributed by atoms with E-state index >= 15 is 0 Å². The van der Waals surface area contributed by atoms with Crippen LogP contribution in [0.4, 0.5) is 0 Å². The zero-order valence-electron chi connectivity index (χ0n) is 8.11. The summed E-state index contributed by atoms with van der Waals surface area (Å²) >= 11 is 0. The predicted octanol–water partition coefficient (Wildman–Crippen LogP) is 2.09. The lowest BCUT2D eigenvalue weighted by atomic mass is 10.3. The van der Waals surface area contributed by atoms with E-state index in [1.807, 2.05) is 30.5 Å². The van der Waals surface area contributed by atoms with Crippen LogP contribution >= 0.6 is 0 Å². The smallest absolute Gasteiger partial charge is 0.0543 e. The molecule has 0 N–H and O–H groups in total. The Bertz CT molecular complexity index is 244. The molecule has 0 bridgehead atoms. The fraction of sp³-hybridized carbons (Fsp3) is 0.364.